The lowest BCUT2D eigenvalue weighted by atomic mass is 10.3. The third kappa shape index (κ3) is 3.44. The Morgan fingerprint density at radius 2 is 2.21 bits per heavy atom. The zero-order valence-corrected chi connectivity index (χ0v) is 11.9. The van der Waals surface area contributed by atoms with E-state index in [0.717, 1.165) is 30.2 Å². The van der Waals surface area contributed by atoms with E-state index in [4.69, 9.17) is 16.3 Å². The van der Waals surface area contributed by atoms with Crippen molar-refractivity contribution in [2.45, 2.75) is 39.3 Å². The van der Waals surface area contributed by atoms with Crippen LogP contribution in [0.15, 0.2) is 18.5 Å². The fourth-order valence-electron chi connectivity index (χ4n) is 1.77. The molecule has 0 bridgehead atoms. The van der Waals surface area contributed by atoms with Gasteiger partial charge in [-0.3, -0.25) is 4.98 Å². The van der Waals surface area contributed by atoms with E-state index in [1.54, 1.807) is 6.33 Å². The Balaban J connectivity index is 2.07. The highest BCUT2D eigenvalue weighted by Crippen LogP contribution is 2.19. The molecule has 2 heterocycles. The fourth-order valence-corrected chi connectivity index (χ4v) is 1.96. The highest BCUT2D eigenvalue weighted by Gasteiger charge is 2.08. The number of ether oxygens (including phenoxy) is 1. The normalized spacial score (nSPS) is 10.7. The van der Waals surface area contributed by atoms with E-state index < -0.39 is 0 Å². The Morgan fingerprint density at radius 3 is 2.95 bits per heavy atom. The number of aryl methyl sites for hydroxylation is 2. The van der Waals surface area contributed by atoms with Crippen molar-refractivity contribution in [2.75, 3.05) is 0 Å². The van der Waals surface area contributed by atoms with E-state index in [2.05, 4.69) is 22.0 Å². The van der Waals surface area contributed by atoms with Crippen molar-refractivity contribution in [2.24, 2.45) is 0 Å². The Bertz CT molecular complexity index is 541. The first-order valence-electron chi connectivity index (χ1n) is 6.26. The molecule has 2 aromatic rings. The third-order valence-corrected chi connectivity index (χ3v) is 2.94. The third-order valence-electron chi connectivity index (χ3n) is 2.69. The number of alkyl halides is 1. The van der Waals surface area contributed by atoms with Crippen LogP contribution in [-0.4, -0.2) is 19.7 Å². The summed E-state index contributed by atoms with van der Waals surface area (Å²) in [6.45, 7) is 5.24. The van der Waals surface area contributed by atoms with Gasteiger partial charge < -0.3 is 4.74 Å². The van der Waals surface area contributed by atoms with Crippen LogP contribution in [0.4, 0.5) is 0 Å². The number of halogens is 1. The highest BCUT2D eigenvalue weighted by atomic mass is 35.5. The number of hydrogen-bond acceptors (Lipinski definition) is 4. The van der Waals surface area contributed by atoms with Crippen LogP contribution in [0.1, 0.15) is 30.6 Å². The van der Waals surface area contributed by atoms with Gasteiger partial charge in [-0.05, 0) is 25.5 Å². The molecule has 0 unspecified atom stereocenters. The van der Waals surface area contributed by atoms with E-state index >= 15 is 0 Å². The summed E-state index contributed by atoms with van der Waals surface area (Å²) in [5.74, 6) is 1.84. The molecule has 0 spiro atoms. The average molecular weight is 281 g/mol. The molecule has 19 heavy (non-hydrogen) atoms. The largest absolute Gasteiger partial charge is 0.484 e. The summed E-state index contributed by atoms with van der Waals surface area (Å²) in [7, 11) is 0. The molecule has 0 fully saturated rings. The van der Waals surface area contributed by atoms with Crippen molar-refractivity contribution in [3.63, 3.8) is 0 Å². The Labute approximate surface area is 117 Å². The average Bonchev–Trinajstić information content (AvgIpc) is 2.85. The minimum atomic E-state index is 0.332. The summed E-state index contributed by atoms with van der Waals surface area (Å²) >= 11 is 5.87. The zero-order chi connectivity index (χ0) is 13.7. The molecule has 0 aliphatic heterocycles. The summed E-state index contributed by atoms with van der Waals surface area (Å²) in [6, 6.07) is 3.79. The molecule has 102 valence electrons. The fraction of sp³-hybridized carbons (Fsp3) is 0.462. The second-order valence-electron chi connectivity index (χ2n) is 4.22. The molecule has 0 aromatic carbocycles. The molecule has 0 saturated heterocycles. The number of pyridine rings is 1. The van der Waals surface area contributed by atoms with Gasteiger partial charge in [-0.15, -0.1) is 11.6 Å². The van der Waals surface area contributed by atoms with E-state index in [0.29, 0.717) is 18.2 Å². The van der Waals surface area contributed by atoms with Crippen LogP contribution in [0.5, 0.6) is 5.75 Å². The Hall–Kier alpha value is -1.62. The molecule has 0 radical (unpaired) electrons. The zero-order valence-electron chi connectivity index (χ0n) is 11.1. The SMILES string of the molecule is CCCn1ncnc1COc1ccc(C)nc1CCl. The monoisotopic (exact) mass is 280 g/mol. The van der Waals surface area contributed by atoms with Crippen LogP contribution in [0, 0.1) is 6.92 Å². The van der Waals surface area contributed by atoms with Gasteiger partial charge in [0.1, 0.15) is 18.7 Å². The smallest absolute Gasteiger partial charge is 0.164 e. The molecule has 2 aromatic heterocycles. The first-order chi connectivity index (χ1) is 9.24. The second-order valence-corrected chi connectivity index (χ2v) is 4.49. The molecule has 2 rings (SSSR count). The van der Waals surface area contributed by atoms with Crippen LogP contribution >= 0.6 is 11.6 Å². The van der Waals surface area contributed by atoms with Gasteiger partial charge in [0, 0.05) is 12.2 Å². The predicted octanol–water partition coefficient (Wildman–Crippen LogP) is 2.71. The molecule has 5 nitrogen and oxygen atoms in total. The lowest BCUT2D eigenvalue weighted by molar-refractivity contribution is 0.282. The maximum atomic E-state index is 5.87. The van der Waals surface area contributed by atoms with Crippen molar-refractivity contribution in [1.82, 2.24) is 19.7 Å². The van der Waals surface area contributed by atoms with Crippen LogP contribution in [-0.2, 0) is 19.0 Å². The molecule has 0 amide bonds. The molecule has 6 heteroatoms. The molecular formula is C13H17ClN4O. The number of rotatable bonds is 6. The van der Waals surface area contributed by atoms with Crippen molar-refractivity contribution in [3.05, 3.63) is 35.7 Å². The van der Waals surface area contributed by atoms with Crippen LogP contribution < -0.4 is 4.74 Å². The van der Waals surface area contributed by atoms with Gasteiger partial charge in [0.05, 0.1) is 11.6 Å². The standard InChI is InChI=1S/C13H17ClN4O/c1-3-6-18-13(15-9-16-18)8-19-12-5-4-10(2)17-11(12)7-14/h4-5,9H,3,6-8H2,1-2H3. The van der Waals surface area contributed by atoms with E-state index in [-0.39, 0.29) is 0 Å². The van der Waals surface area contributed by atoms with Crippen molar-refractivity contribution >= 4 is 11.6 Å². The summed E-state index contributed by atoms with van der Waals surface area (Å²) in [5, 5.41) is 4.16. The topological polar surface area (TPSA) is 52.8 Å². The maximum Gasteiger partial charge on any atom is 0.164 e. The molecule has 0 atom stereocenters. The van der Waals surface area contributed by atoms with Gasteiger partial charge in [-0.25, -0.2) is 9.67 Å². The molecule has 0 aliphatic rings. The quantitative estimate of drug-likeness (QED) is 0.764. The summed E-state index contributed by atoms with van der Waals surface area (Å²) in [5.41, 5.74) is 1.68. The summed E-state index contributed by atoms with van der Waals surface area (Å²) < 4.78 is 7.59. The lowest BCUT2D eigenvalue weighted by Gasteiger charge is -2.10. The Kier molecular flexibility index (Phi) is 4.74. The summed E-state index contributed by atoms with van der Waals surface area (Å²) in [6.07, 6.45) is 2.56. The van der Waals surface area contributed by atoms with E-state index in [1.807, 2.05) is 23.7 Å². The molecule has 0 saturated carbocycles. The van der Waals surface area contributed by atoms with Crippen LogP contribution in [0.2, 0.25) is 0 Å². The van der Waals surface area contributed by atoms with Crippen LogP contribution in [0.3, 0.4) is 0 Å². The maximum absolute atomic E-state index is 5.87. The van der Waals surface area contributed by atoms with E-state index in [1.165, 1.54) is 0 Å². The van der Waals surface area contributed by atoms with Gasteiger partial charge in [0.25, 0.3) is 0 Å². The van der Waals surface area contributed by atoms with E-state index in [9.17, 15) is 0 Å². The van der Waals surface area contributed by atoms with Gasteiger partial charge in [0.15, 0.2) is 5.82 Å². The van der Waals surface area contributed by atoms with Crippen molar-refractivity contribution in [1.29, 1.82) is 0 Å². The van der Waals surface area contributed by atoms with Gasteiger partial charge in [0.2, 0.25) is 0 Å². The number of nitrogens with zero attached hydrogens (tertiary/aromatic N) is 4. The first-order valence-corrected chi connectivity index (χ1v) is 6.80. The van der Waals surface area contributed by atoms with Gasteiger partial charge in [-0.2, -0.15) is 5.10 Å². The highest BCUT2D eigenvalue weighted by molar-refractivity contribution is 6.17. The number of aromatic nitrogens is 4. The predicted molar refractivity (Wildman–Crippen MR) is 73.2 cm³/mol. The molecular weight excluding hydrogens is 264 g/mol. The van der Waals surface area contributed by atoms with Crippen molar-refractivity contribution < 1.29 is 4.74 Å². The number of hydrogen-bond donors (Lipinski definition) is 0. The summed E-state index contributed by atoms with van der Waals surface area (Å²) in [4.78, 5) is 8.55. The van der Waals surface area contributed by atoms with Crippen LogP contribution in [0.25, 0.3) is 0 Å². The first kappa shape index (κ1) is 13.8. The van der Waals surface area contributed by atoms with Gasteiger partial charge in [-0.1, -0.05) is 6.92 Å². The molecule has 0 aliphatic carbocycles. The Morgan fingerprint density at radius 1 is 1.37 bits per heavy atom. The minimum Gasteiger partial charge on any atom is -0.484 e. The second kappa shape index (κ2) is 6.52. The van der Waals surface area contributed by atoms with Crippen molar-refractivity contribution in [3.8, 4) is 5.75 Å². The molecule has 0 N–H and O–H groups in total. The van der Waals surface area contributed by atoms with Gasteiger partial charge >= 0.3 is 0 Å². The minimum absolute atomic E-state index is 0.332. The lowest BCUT2D eigenvalue weighted by Crippen LogP contribution is -2.09.